The van der Waals surface area contributed by atoms with Crippen LogP contribution in [0.1, 0.15) is 40.9 Å². The molecular weight excluding hydrogens is 340 g/mol. The number of hydrogen-bond acceptors (Lipinski definition) is 2. The number of allylic oxidation sites excluding steroid dienone is 4. The fraction of sp³-hybridized carbons (Fsp3) is 0.231. The Bertz CT molecular complexity index is 1120. The highest BCUT2D eigenvalue weighted by molar-refractivity contribution is 5.84. The highest BCUT2D eigenvalue weighted by Crippen LogP contribution is 2.40. The number of benzene rings is 1. The third-order valence-electron chi connectivity index (χ3n) is 5.74. The average Bonchev–Trinajstić information content (AvgIpc) is 2.74. The summed E-state index contributed by atoms with van der Waals surface area (Å²) in [6.07, 6.45) is 11.2. The molecule has 28 heavy (non-hydrogen) atoms. The molecule has 0 aliphatic heterocycles. The third kappa shape index (κ3) is 2.90. The van der Waals surface area contributed by atoms with Gasteiger partial charge in [-0.05, 0) is 85.1 Å². The van der Waals surface area contributed by atoms with Crippen LogP contribution in [0.2, 0.25) is 0 Å². The molecule has 0 N–H and O–H groups in total. The monoisotopic (exact) mass is 364 g/mol. The van der Waals surface area contributed by atoms with E-state index in [0.717, 1.165) is 48.5 Å². The molecule has 0 spiro atoms. The van der Waals surface area contributed by atoms with Gasteiger partial charge in [0.25, 0.3) is 0 Å². The lowest BCUT2D eigenvalue weighted by molar-refractivity contribution is 0.899. The van der Waals surface area contributed by atoms with Gasteiger partial charge in [0, 0.05) is 11.4 Å². The first-order valence-corrected chi connectivity index (χ1v) is 10.1. The number of rotatable bonds is 2. The average molecular weight is 364 g/mol. The summed E-state index contributed by atoms with van der Waals surface area (Å²) in [6.45, 7) is 4.18. The van der Waals surface area contributed by atoms with E-state index in [1.807, 2.05) is 0 Å². The Balaban J connectivity index is 1.74. The van der Waals surface area contributed by atoms with Crippen molar-refractivity contribution in [3.63, 3.8) is 0 Å². The van der Waals surface area contributed by atoms with Gasteiger partial charge in [-0.3, -0.25) is 9.97 Å². The summed E-state index contributed by atoms with van der Waals surface area (Å²) in [5.74, 6) is 0. The third-order valence-corrected chi connectivity index (χ3v) is 5.74. The summed E-state index contributed by atoms with van der Waals surface area (Å²) in [5.41, 5.74) is 12.2. The predicted molar refractivity (Wildman–Crippen MR) is 116 cm³/mol. The zero-order valence-corrected chi connectivity index (χ0v) is 16.5. The number of fused-ring (bicyclic) bond motifs is 3. The SMILES string of the molecule is Cc1cc(C2=CCCC=C2)c2c(n1)-c1nc(C)cc(-c3ccccc3)c1CC2. The minimum absolute atomic E-state index is 1.01. The first-order valence-electron chi connectivity index (χ1n) is 10.1. The molecule has 138 valence electrons. The molecule has 0 bridgehead atoms. The zero-order valence-electron chi connectivity index (χ0n) is 16.5. The van der Waals surface area contributed by atoms with E-state index in [-0.39, 0.29) is 0 Å². The van der Waals surface area contributed by atoms with Gasteiger partial charge in [0.2, 0.25) is 0 Å². The number of nitrogens with zero attached hydrogens (tertiary/aromatic N) is 2. The van der Waals surface area contributed by atoms with Gasteiger partial charge in [-0.2, -0.15) is 0 Å². The maximum absolute atomic E-state index is 4.97. The van der Waals surface area contributed by atoms with Gasteiger partial charge in [-0.25, -0.2) is 0 Å². The normalized spacial score (nSPS) is 15.0. The van der Waals surface area contributed by atoms with Crippen molar-refractivity contribution < 1.29 is 0 Å². The van der Waals surface area contributed by atoms with Crippen molar-refractivity contribution in [3.05, 3.63) is 88.8 Å². The van der Waals surface area contributed by atoms with Crippen molar-refractivity contribution in [2.45, 2.75) is 39.5 Å². The summed E-state index contributed by atoms with van der Waals surface area (Å²) >= 11 is 0. The minimum Gasteiger partial charge on any atom is -0.251 e. The first-order chi connectivity index (χ1) is 13.7. The summed E-state index contributed by atoms with van der Waals surface area (Å²) in [5, 5.41) is 0. The second kappa shape index (κ2) is 6.87. The molecule has 2 nitrogen and oxygen atoms in total. The molecule has 3 aromatic rings. The molecule has 0 atom stereocenters. The number of hydrogen-bond donors (Lipinski definition) is 0. The largest absolute Gasteiger partial charge is 0.251 e. The maximum atomic E-state index is 4.97. The van der Waals surface area contributed by atoms with Crippen molar-refractivity contribution in [3.8, 4) is 22.5 Å². The van der Waals surface area contributed by atoms with E-state index in [9.17, 15) is 0 Å². The quantitative estimate of drug-likeness (QED) is 0.536. The Labute approximate surface area is 166 Å². The van der Waals surface area contributed by atoms with Gasteiger partial charge in [0.05, 0.1) is 11.4 Å². The van der Waals surface area contributed by atoms with E-state index in [1.165, 1.54) is 33.4 Å². The van der Waals surface area contributed by atoms with E-state index in [0.29, 0.717) is 0 Å². The molecule has 0 fully saturated rings. The molecule has 0 saturated heterocycles. The summed E-state index contributed by atoms with van der Waals surface area (Å²) < 4.78 is 0. The highest BCUT2D eigenvalue weighted by Gasteiger charge is 2.25. The topological polar surface area (TPSA) is 25.8 Å². The van der Waals surface area contributed by atoms with Crippen molar-refractivity contribution in [2.24, 2.45) is 0 Å². The van der Waals surface area contributed by atoms with Crippen LogP contribution in [0.5, 0.6) is 0 Å². The standard InChI is InChI=1S/C26H24N2/c1-17-15-23(19-9-5-3-6-10-19)21-13-14-22-24(20-11-7-4-8-12-20)16-18(2)28-26(22)25(21)27-17/h3,5-7,9-12,15-16H,4,8,13-14H2,1-2H3. The van der Waals surface area contributed by atoms with E-state index in [4.69, 9.17) is 9.97 Å². The fourth-order valence-corrected chi connectivity index (χ4v) is 4.49. The number of aryl methyl sites for hydroxylation is 2. The van der Waals surface area contributed by atoms with Gasteiger partial charge >= 0.3 is 0 Å². The van der Waals surface area contributed by atoms with Crippen LogP contribution in [0.15, 0.2) is 60.7 Å². The first kappa shape index (κ1) is 17.1. The van der Waals surface area contributed by atoms with E-state index < -0.39 is 0 Å². The molecule has 0 radical (unpaired) electrons. The zero-order chi connectivity index (χ0) is 19.1. The molecule has 2 heteroatoms. The van der Waals surface area contributed by atoms with Gasteiger partial charge in [-0.15, -0.1) is 0 Å². The van der Waals surface area contributed by atoms with Gasteiger partial charge in [0.1, 0.15) is 0 Å². The maximum Gasteiger partial charge on any atom is 0.0930 e. The molecule has 2 heterocycles. The van der Waals surface area contributed by atoms with Crippen LogP contribution in [0.25, 0.3) is 28.1 Å². The van der Waals surface area contributed by atoms with Crippen molar-refractivity contribution in [1.29, 1.82) is 0 Å². The van der Waals surface area contributed by atoms with Crippen molar-refractivity contribution in [2.75, 3.05) is 0 Å². The molecule has 2 aromatic heterocycles. The van der Waals surface area contributed by atoms with Crippen LogP contribution in [0.3, 0.4) is 0 Å². The number of pyridine rings is 2. The molecule has 1 aromatic carbocycles. The van der Waals surface area contributed by atoms with Crippen molar-refractivity contribution >= 4 is 5.57 Å². The molecule has 0 amide bonds. The molecule has 2 aliphatic carbocycles. The van der Waals surface area contributed by atoms with Crippen LogP contribution in [0.4, 0.5) is 0 Å². The molecule has 5 rings (SSSR count). The second-order valence-corrected chi connectivity index (χ2v) is 7.78. The lowest BCUT2D eigenvalue weighted by Crippen LogP contribution is -2.13. The van der Waals surface area contributed by atoms with E-state index in [2.05, 4.69) is 74.5 Å². The minimum atomic E-state index is 1.01. The van der Waals surface area contributed by atoms with Crippen LogP contribution in [-0.2, 0) is 12.8 Å². The van der Waals surface area contributed by atoms with E-state index >= 15 is 0 Å². The Kier molecular flexibility index (Phi) is 4.20. The lowest BCUT2D eigenvalue weighted by Gasteiger charge is -2.25. The second-order valence-electron chi connectivity index (χ2n) is 7.78. The molecule has 0 saturated carbocycles. The van der Waals surface area contributed by atoms with Gasteiger partial charge in [0.15, 0.2) is 0 Å². The van der Waals surface area contributed by atoms with Crippen LogP contribution in [-0.4, -0.2) is 9.97 Å². The van der Waals surface area contributed by atoms with Gasteiger partial charge < -0.3 is 0 Å². The fourth-order valence-electron chi connectivity index (χ4n) is 4.49. The van der Waals surface area contributed by atoms with Crippen LogP contribution >= 0.6 is 0 Å². The molecule has 2 aliphatic rings. The van der Waals surface area contributed by atoms with Gasteiger partial charge in [-0.1, -0.05) is 48.6 Å². The number of aromatic nitrogens is 2. The van der Waals surface area contributed by atoms with Crippen molar-refractivity contribution in [1.82, 2.24) is 9.97 Å². The summed E-state index contributed by atoms with van der Waals surface area (Å²) in [6, 6.07) is 15.1. The summed E-state index contributed by atoms with van der Waals surface area (Å²) in [4.78, 5) is 9.94. The van der Waals surface area contributed by atoms with Crippen LogP contribution in [0, 0.1) is 13.8 Å². The Hall–Kier alpha value is -3.00. The van der Waals surface area contributed by atoms with Crippen LogP contribution < -0.4 is 0 Å². The molecular formula is C26H24N2. The molecule has 0 unspecified atom stereocenters. The highest BCUT2D eigenvalue weighted by atomic mass is 14.8. The lowest BCUT2D eigenvalue weighted by atomic mass is 9.83. The van der Waals surface area contributed by atoms with E-state index in [1.54, 1.807) is 0 Å². The Morgan fingerprint density at radius 3 is 2.04 bits per heavy atom. The Morgan fingerprint density at radius 1 is 0.750 bits per heavy atom. The summed E-state index contributed by atoms with van der Waals surface area (Å²) in [7, 11) is 0. The smallest absolute Gasteiger partial charge is 0.0930 e. The predicted octanol–water partition coefficient (Wildman–Crippen LogP) is 6.26. The Morgan fingerprint density at radius 2 is 1.39 bits per heavy atom.